The third kappa shape index (κ3) is 35.3. The van der Waals surface area contributed by atoms with Crippen LogP contribution in [0, 0.1) is 0 Å². The van der Waals surface area contributed by atoms with Crippen LogP contribution in [0.25, 0.3) is 0 Å². The summed E-state index contributed by atoms with van der Waals surface area (Å²) in [5, 5.41) is 231. The first kappa shape index (κ1) is 114. The molecule has 706 valence electrons. The second kappa shape index (κ2) is 58.4. The number of allylic oxidation sites excluding steroid dienone is 1. The number of carboxylic acid groups (broad SMARTS) is 1. The van der Waals surface area contributed by atoms with E-state index in [2.05, 4.69) is 29.1 Å². The minimum absolute atomic E-state index is 0. The van der Waals surface area contributed by atoms with Crippen molar-refractivity contribution in [2.45, 2.75) is 423 Å². The Morgan fingerprint density at radius 3 is 1.46 bits per heavy atom. The molecule has 0 radical (unpaired) electrons. The fourth-order valence-corrected chi connectivity index (χ4v) is 16.1. The van der Waals surface area contributed by atoms with E-state index in [1.807, 2.05) is 0 Å². The number of aliphatic hydroxyl groups excluding tert-OH is 17. The van der Waals surface area contributed by atoms with Crippen LogP contribution in [0.5, 0.6) is 0 Å². The number of rotatable bonds is 56. The molecule has 0 bridgehead atoms. The topological polar surface area (TPSA) is 656 Å². The summed E-state index contributed by atoms with van der Waals surface area (Å²) in [5.74, 6) is -8.18. The molecule has 6 aliphatic heterocycles. The summed E-state index contributed by atoms with van der Waals surface area (Å²) >= 11 is 0. The molecule has 6 fully saturated rings. The van der Waals surface area contributed by atoms with Gasteiger partial charge in [-0.05, 0) is 51.8 Å². The first-order chi connectivity index (χ1) is 57.6. The first-order valence-electron chi connectivity index (χ1n) is 43.0. The largest absolute Gasteiger partial charge is 1.00 e. The van der Waals surface area contributed by atoms with Crippen molar-refractivity contribution in [2.75, 3.05) is 39.6 Å². The maximum absolute atomic E-state index is 13.6. The Kier molecular flexibility index (Phi) is 53.9. The van der Waals surface area contributed by atoms with Gasteiger partial charge in [-0.15, -0.1) is 0 Å². The van der Waals surface area contributed by atoms with Crippen LogP contribution in [0.4, 0.5) is 0 Å². The Morgan fingerprint density at radius 2 is 0.959 bits per heavy atom. The van der Waals surface area contributed by atoms with Crippen LogP contribution >= 0.6 is 0 Å². The Labute approximate surface area is 763 Å². The minimum atomic E-state index is -5.63. The second-order valence-corrected chi connectivity index (χ2v) is 33.5. The molecule has 123 heavy (non-hydrogen) atoms. The molecule has 4 unspecified atom stereocenters. The molecule has 41 nitrogen and oxygen atoms in total. The Bertz CT molecular complexity index is 3130. The van der Waals surface area contributed by atoms with Crippen LogP contribution in [-0.4, -0.2) is 370 Å². The number of nitrogens with one attached hydrogen (secondary N) is 1. The summed E-state index contributed by atoms with van der Waals surface area (Å²) in [6, 6.07) is -5.33. The zero-order chi connectivity index (χ0) is 89.3. The average Bonchev–Trinajstić information content (AvgIpc) is 0.857. The fourth-order valence-electron chi connectivity index (χ4n) is 15.8. The number of hydrogen-bond acceptors (Lipinski definition) is 38. The Balaban J connectivity index is 0.0000159. The van der Waals surface area contributed by atoms with E-state index in [-0.39, 0.29) is 65.5 Å². The van der Waals surface area contributed by atoms with Crippen LogP contribution < -0.4 is 74.6 Å². The molecule has 0 saturated carbocycles. The molecule has 0 aromatic carbocycles. The predicted molar refractivity (Wildman–Crippen MR) is 419 cm³/mol. The molecule has 33 atom stereocenters. The molecular formula is C79H139N3Na2O38S. The number of ether oxygens (including phenoxy) is 12. The van der Waals surface area contributed by atoms with E-state index in [1.54, 1.807) is 6.08 Å². The summed E-state index contributed by atoms with van der Waals surface area (Å²) in [6.45, 7) is 0.553. The van der Waals surface area contributed by atoms with Gasteiger partial charge in [-0.25, -0.2) is 8.98 Å². The van der Waals surface area contributed by atoms with E-state index in [9.17, 15) is 125 Å². The Morgan fingerprint density at radius 1 is 0.520 bits per heavy atom. The maximum atomic E-state index is 13.6. The molecule has 0 aromatic heterocycles. The van der Waals surface area contributed by atoms with Crippen LogP contribution in [0.1, 0.15) is 221 Å². The fraction of sp³-hybridized carbons (Fsp3) is 0.924. The standard InChI is InChI=1S/C79H141N3O38S.2Na/c1-6-8-10-12-14-16-18-20-21-23-25-27-29-31-33-35-54(92)82-46(47(89)34-32-30-28-26-24-22-19-17-15-13-11-9-7-2)41-108-74-64(100)62(98)67(52(40-86)113-74)115-76-65(101)71(59(95)50(38-84)111-76)118-73-56(81-45(5)88)70(117-75-63(99)61(97)57(93)43(3)110-75)68(53(114-73)42-109-121(105,106)107)116-77-66(102)72(60(96)51(39-85)112-77)120-79(78(103)104)36-48(90)55(80-44(4)87)69(119-79)58(94)49(91)37-83;;/h32,34,43,46-53,55-77,83-86,89-91,93-102H,6-31,33,35-42H2,1-5H3,(H,80,87)(H,81,88)(H,82,92)(H,103,104)(H,105,106,107);;/q;2*+1/p-2/b34-32-;;/t43-,46-,47+,48+,49+,50-,51+,52-,53-,55-,56-,57+,58?,59?,60-,61-,62+,63+,64+,65+,66-,67+,68-,69+,70+,71+,72?,73-,74+,75-,76?,77-,79+;;/m1../s1. The number of aliphatic imine (C=N–C) groups is 2. The van der Waals surface area contributed by atoms with Gasteiger partial charge in [0, 0.05) is 12.8 Å². The normalized spacial score (nSPS) is 35.8. The van der Waals surface area contributed by atoms with Crippen LogP contribution in [0.3, 0.4) is 0 Å². The molecule has 6 rings (SSSR count). The van der Waals surface area contributed by atoms with Gasteiger partial charge in [0.1, 0.15) is 140 Å². The number of carbonyl (C=O) groups is 2. The van der Waals surface area contributed by atoms with Gasteiger partial charge in [-0.2, -0.15) is 8.42 Å². The SMILES string of the molecule is CCCCCCCCCCCCC/C=C\[C@H](O)[C@@H](CO[C@H]1O[C@H](CO)[C@H](OC2O[C@H](CO)C(O)[C@H](O[C@H]3O[C@H](COS(=O)(=O)O)[C@@H](O[C@H]4O[C@@H](CO)[C@@H](O)C(O[C@]5(C(=O)O)C[C@H](O)[C@@H](N=C(C)[O-])[C@@H](C(O)[C@@H](O)CO)O5)[C@H]4O)[C@@H](O[C@H]4O[C@H](C)[C@H](O)[C@@H](O)[C@@H]4O)[C@H]3N=C(C)[O-])[C@@H]2O)[C@@H](O)[C@@H]1O)NC(=O)CCCCCCCCCCCCCCCCC.[Na+].[Na+]. The summed E-state index contributed by atoms with van der Waals surface area (Å²) in [7, 11) is -5.63. The van der Waals surface area contributed by atoms with Gasteiger partial charge in [0.2, 0.25) is 5.91 Å². The zero-order valence-electron chi connectivity index (χ0n) is 71.9. The predicted octanol–water partition coefficient (Wildman–Crippen LogP) is -9.07. The van der Waals surface area contributed by atoms with Gasteiger partial charge < -0.3 is 164 Å². The Hall–Kier alpha value is -1.67. The van der Waals surface area contributed by atoms with Gasteiger partial charge in [0.15, 0.2) is 31.5 Å². The van der Waals surface area contributed by atoms with Crippen molar-refractivity contribution in [3.8, 4) is 0 Å². The number of hydrogen-bond donors (Lipinski definition) is 20. The first-order valence-corrected chi connectivity index (χ1v) is 44.4. The van der Waals surface area contributed by atoms with Gasteiger partial charge in [0.05, 0.1) is 64.0 Å². The molecular weight excluding hydrogens is 1680 g/mol. The summed E-state index contributed by atoms with van der Waals surface area (Å²) < 4.78 is 112. The number of carboxylic acids is 1. The second-order valence-electron chi connectivity index (χ2n) is 32.4. The molecule has 0 spiro atoms. The number of nitrogens with zero attached hydrogens (tertiary/aromatic N) is 2. The van der Waals surface area contributed by atoms with Crippen molar-refractivity contribution in [3.05, 3.63) is 12.2 Å². The molecule has 1 amide bonds. The van der Waals surface area contributed by atoms with Crippen molar-refractivity contribution in [1.82, 2.24) is 5.32 Å². The monoisotopic (exact) mass is 1820 g/mol. The van der Waals surface area contributed by atoms with Crippen molar-refractivity contribution >= 4 is 34.1 Å². The molecule has 44 heteroatoms. The van der Waals surface area contributed by atoms with Crippen LogP contribution in [0.2, 0.25) is 0 Å². The molecule has 6 heterocycles. The van der Waals surface area contributed by atoms with Crippen molar-refractivity contribution in [1.29, 1.82) is 0 Å². The van der Waals surface area contributed by atoms with Crippen molar-refractivity contribution in [3.63, 3.8) is 0 Å². The van der Waals surface area contributed by atoms with Crippen LogP contribution in [-0.2, 0) is 81.0 Å². The summed E-state index contributed by atoms with van der Waals surface area (Å²) in [6.07, 6.45) is -30.8. The molecule has 0 aromatic rings. The van der Waals surface area contributed by atoms with Crippen molar-refractivity contribution < 1.29 is 245 Å². The van der Waals surface area contributed by atoms with E-state index in [0.717, 1.165) is 78.1 Å². The van der Waals surface area contributed by atoms with Gasteiger partial charge in [-0.1, -0.05) is 180 Å². The van der Waals surface area contributed by atoms with Gasteiger partial charge >= 0.3 is 75.5 Å². The summed E-state index contributed by atoms with van der Waals surface area (Å²) in [4.78, 5) is 34.7. The average molecular weight is 1820 g/mol. The zero-order valence-corrected chi connectivity index (χ0v) is 76.8. The van der Waals surface area contributed by atoms with E-state index in [0.29, 0.717) is 12.8 Å². The van der Waals surface area contributed by atoms with E-state index < -0.39 is 282 Å². The van der Waals surface area contributed by atoms with Crippen molar-refractivity contribution in [2.24, 2.45) is 9.98 Å². The van der Waals surface area contributed by atoms with E-state index >= 15 is 0 Å². The minimum Gasteiger partial charge on any atom is -0.862 e. The number of aliphatic carboxylic acids is 1. The van der Waals surface area contributed by atoms with E-state index in [4.69, 9.17) is 61.0 Å². The van der Waals surface area contributed by atoms with Crippen LogP contribution in [0.15, 0.2) is 22.1 Å². The third-order valence-electron chi connectivity index (χ3n) is 22.7. The maximum Gasteiger partial charge on any atom is 1.00 e. The number of unbranched alkanes of at least 4 members (excludes halogenated alkanes) is 25. The molecule has 0 aliphatic carbocycles. The number of amides is 1. The van der Waals surface area contributed by atoms with E-state index in [1.165, 1.54) is 109 Å². The smallest absolute Gasteiger partial charge is 0.862 e. The van der Waals surface area contributed by atoms with Gasteiger partial charge in [0.25, 0.3) is 5.79 Å². The quantitative estimate of drug-likeness (QED) is 0.00671. The molecule has 20 N–H and O–H groups in total. The van der Waals surface area contributed by atoms with Gasteiger partial charge in [-0.3, -0.25) is 19.3 Å². The third-order valence-corrected chi connectivity index (χ3v) is 23.1. The summed E-state index contributed by atoms with van der Waals surface area (Å²) in [5.41, 5.74) is 0. The molecule has 6 saturated heterocycles. The molecule has 6 aliphatic rings. The number of aliphatic hydroxyl groups is 17. The number of carbonyl (C=O) groups excluding carboxylic acids is 1.